The zero-order valence-corrected chi connectivity index (χ0v) is 9.64. The smallest absolute Gasteiger partial charge is 0.179 e. The van der Waals surface area contributed by atoms with Crippen LogP contribution >= 0.6 is 0 Å². The summed E-state index contributed by atoms with van der Waals surface area (Å²) < 4.78 is 23.6. The monoisotopic (exact) mass is 212 g/mol. The minimum atomic E-state index is -3.10. The van der Waals surface area contributed by atoms with Gasteiger partial charge in [-0.1, -0.05) is 18.2 Å². The summed E-state index contributed by atoms with van der Waals surface area (Å²) in [6, 6.07) is 0. The summed E-state index contributed by atoms with van der Waals surface area (Å²) >= 11 is 0. The number of hydrogen-bond donors (Lipinski definition) is 0. The van der Waals surface area contributed by atoms with Crippen molar-refractivity contribution in [3.05, 3.63) is 23.1 Å². The molecule has 2 rings (SSSR count). The highest BCUT2D eigenvalue weighted by molar-refractivity contribution is 7.96. The van der Waals surface area contributed by atoms with Crippen molar-refractivity contribution < 1.29 is 8.42 Å². The van der Waals surface area contributed by atoms with Crippen molar-refractivity contribution >= 4 is 9.84 Å². The van der Waals surface area contributed by atoms with Crippen molar-refractivity contribution in [1.82, 2.24) is 0 Å². The maximum Gasteiger partial charge on any atom is 0.179 e. The lowest BCUT2D eigenvalue weighted by atomic mass is 10.2. The minimum Gasteiger partial charge on any atom is -0.223 e. The predicted molar refractivity (Wildman–Crippen MR) is 57.5 cm³/mol. The van der Waals surface area contributed by atoms with E-state index < -0.39 is 14.6 Å². The zero-order chi connectivity index (χ0) is 10.6. The Labute approximate surface area is 85.6 Å². The maximum absolute atomic E-state index is 12.1. The lowest BCUT2D eigenvalue weighted by Gasteiger charge is -2.22. The summed E-state index contributed by atoms with van der Waals surface area (Å²) in [5.74, 6) is 0.524. The molecule has 0 saturated carbocycles. The third kappa shape index (κ3) is 1.26. The average molecular weight is 212 g/mol. The van der Waals surface area contributed by atoms with Gasteiger partial charge in [-0.25, -0.2) is 8.42 Å². The summed E-state index contributed by atoms with van der Waals surface area (Å²) in [5, 5.41) is 0. The van der Waals surface area contributed by atoms with Gasteiger partial charge in [0.2, 0.25) is 0 Å². The van der Waals surface area contributed by atoms with Crippen molar-refractivity contribution in [2.75, 3.05) is 0 Å². The Bertz CT molecular complexity index is 407. The van der Waals surface area contributed by atoms with E-state index in [1.165, 1.54) is 0 Å². The van der Waals surface area contributed by atoms with Crippen LogP contribution in [0.15, 0.2) is 23.1 Å². The van der Waals surface area contributed by atoms with Gasteiger partial charge in [0.1, 0.15) is 0 Å². The van der Waals surface area contributed by atoms with Crippen molar-refractivity contribution in [2.45, 2.75) is 31.9 Å². The Morgan fingerprint density at radius 3 is 2.29 bits per heavy atom. The van der Waals surface area contributed by atoms with Gasteiger partial charge in [-0.05, 0) is 33.1 Å². The van der Waals surface area contributed by atoms with Gasteiger partial charge >= 0.3 is 0 Å². The Balaban J connectivity index is 2.40. The number of allylic oxidation sites excluding steroid dienone is 4. The van der Waals surface area contributed by atoms with Crippen LogP contribution in [0.5, 0.6) is 0 Å². The number of fused-ring (bicyclic) bond motifs is 2. The summed E-state index contributed by atoms with van der Waals surface area (Å²) in [5.41, 5.74) is 0. The molecular weight excluding hydrogens is 196 g/mol. The van der Waals surface area contributed by atoms with Gasteiger partial charge in [0.05, 0.1) is 4.75 Å². The fraction of sp³-hybridized carbons (Fsp3) is 0.636. The van der Waals surface area contributed by atoms with E-state index in [9.17, 15) is 8.42 Å². The van der Waals surface area contributed by atoms with E-state index in [1.807, 2.05) is 12.2 Å². The lowest BCUT2D eigenvalue weighted by molar-refractivity contribution is 0.562. The lowest BCUT2D eigenvalue weighted by Crippen LogP contribution is -2.30. The van der Waals surface area contributed by atoms with E-state index in [0.29, 0.717) is 10.8 Å². The molecule has 2 bridgehead atoms. The maximum atomic E-state index is 12.1. The zero-order valence-electron chi connectivity index (χ0n) is 8.82. The van der Waals surface area contributed by atoms with E-state index in [2.05, 4.69) is 6.08 Å². The number of sulfone groups is 1. The van der Waals surface area contributed by atoms with Gasteiger partial charge in [0.15, 0.2) is 9.84 Å². The molecule has 0 aromatic rings. The van der Waals surface area contributed by atoms with E-state index in [-0.39, 0.29) is 5.92 Å². The highest BCUT2D eigenvalue weighted by Gasteiger charge is 2.41. The molecule has 2 aliphatic carbocycles. The minimum absolute atomic E-state index is 0.157. The molecule has 2 aliphatic rings. The van der Waals surface area contributed by atoms with Crippen molar-refractivity contribution in [2.24, 2.45) is 11.8 Å². The molecule has 0 aromatic carbocycles. The first-order valence-corrected chi connectivity index (χ1v) is 6.45. The summed E-state index contributed by atoms with van der Waals surface area (Å²) in [7, 11) is -3.10. The van der Waals surface area contributed by atoms with Gasteiger partial charge < -0.3 is 0 Å². The molecule has 2 atom stereocenters. The molecule has 0 N–H and O–H groups in total. The first-order chi connectivity index (χ1) is 6.32. The molecule has 0 amide bonds. The second kappa shape index (κ2) is 2.72. The first-order valence-electron chi connectivity index (χ1n) is 4.97. The molecular formula is C11H16O2S. The molecule has 78 valence electrons. The van der Waals surface area contributed by atoms with Crippen LogP contribution in [0, 0.1) is 11.8 Å². The van der Waals surface area contributed by atoms with Crippen LogP contribution in [0.1, 0.15) is 27.2 Å². The molecule has 0 spiro atoms. The van der Waals surface area contributed by atoms with Crippen LogP contribution < -0.4 is 0 Å². The molecule has 0 saturated heterocycles. The van der Waals surface area contributed by atoms with Crippen LogP contribution in [0.2, 0.25) is 0 Å². The molecule has 0 heterocycles. The van der Waals surface area contributed by atoms with E-state index in [1.54, 1.807) is 20.8 Å². The van der Waals surface area contributed by atoms with Gasteiger partial charge in [-0.15, -0.1) is 0 Å². The molecule has 0 aromatic heterocycles. The molecule has 3 heteroatoms. The largest absolute Gasteiger partial charge is 0.223 e. The van der Waals surface area contributed by atoms with Crippen molar-refractivity contribution in [3.8, 4) is 0 Å². The van der Waals surface area contributed by atoms with Crippen molar-refractivity contribution in [3.63, 3.8) is 0 Å². The van der Waals surface area contributed by atoms with Crippen LogP contribution in [0.3, 0.4) is 0 Å². The highest BCUT2D eigenvalue weighted by Crippen LogP contribution is 2.43. The SMILES string of the molecule is CC(C)(C)S(=O)(=O)C1=CC2C=CC1C2. The molecule has 2 unspecified atom stereocenters. The molecule has 0 fully saturated rings. The van der Waals surface area contributed by atoms with Crippen LogP contribution in [-0.2, 0) is 9.84 Å². The average Bonchev–Trinajstić information content (AvgIpc) is 2.61. The number of hydrogen-bond acceptors (Lipinski definition) is 2. The Hall–Kier alpha value is -0.570. The van der Waals surface area contributed by atoms with Gasteiger partial charge in [-0.2, -0.15) is 0 Å². The quantitative estimate of drug-likeness (QED) is 0.625. The van der Waals surface area contributed by atoms with E-state index >= 15 is 0 Å². The van der Waals surface area contributed by atoms with E-state index in [0.717, 1.165) is 6.42 Å². The van der Waals surface area contributed by atoms with Crippen LogP contribution in [0.25, 0.3) is 0 Å². The molecule has 0 radical (unpaired) electrons. The number of rotatable bonds is 1. The Morgan fingerprint density at radius 2 is 1.93 bits per heavy atom. The third-order valence-corrected chi connectivity index (χ3v) is 5.65. The third-order valence-electron chi connectivity index (χ3n) is 2.98. The van der Waals surface area contributed by atoms with Crippen molar-refractivity contribution in [1.29, 1.82) is 0 Å². The second-order valence-corrected chi connectivity index (χ2v) is 7.78. The highest BCUT2D eigenvalue weighted by atomic mass is 32.2. The summed E-state index contributed by atoms with van der Waals surface area (Å²) in [4.78, 5) is 0.650. The fourth-order valence-electron chi connectivity index (χ4n) is 2.04. The predicted octanol–water partition coefficient (Wildman–Crippen LogP) is 2.29. The topological polar surface area (TPSA) is 34.1 Å². The van der Waals surface area contributed by atoms with Crippen LogP contribution in [0.4, 0.5) is 0 Å². The van der Waals surface area contributed by atoms with E-state index in [4.69, 9.17) is 0 Å². The fourth-order valence-corrected chi connectivity index (χ4v) is 3.67. The van der Waals surface area contributed by atoms with Crippen LogP contribution in [-0.4, -0.2) is 13.2 Å². The first kappa shape index (κ1) is 9.97. The Kier molecular flexibility index (Phi) is 1.94. The molecule has 0 aliphatic heterocycles. The second-order valence-electron chi connectivity index (χ2n) is 5.08. The molecule has 14 heavy (non-hydrogen) atoms. The van der Waals surface area contributed by atoms with Gasteiger partial charge in [0.25, 0.3) is 0 Å². The van der Waals surface area contributed by atoms with Gasteiger partial charge in [0, 0.05) is 10.8 Å². The summed E-state index contributed by atoms with van der Waals surface area (Å²) in [6.07, 6.45) is 7.02. The molecule has 2 nitrogen and oxygen atoms in total. The Morgan fingerprint density at radius 1 is 1.29 bits per heavy atom. The summed E-state index contributed by atoms with van der Waals surface area (Å²) in [6.45, 7) is 5.29. The van der Waals surface area contributed by atoms with Gasteiger partial charge in [-0.3, -0.25) is 0 Å². The standard InChI is InChI=1S/C11H16O2S/c1-11(2,3)14(12,13)10-7-8-4-5-9(10)6-8/h4-5,7-9H,6H2,1-3H3. The normalized spacial score (nSPS) is 30.9.